The molecular formula is C31H24N4O3S2. The van der Waals surface area contributed by atoms with Gasteiger partial charge in [0.2, 0.25) is 5.91 Å². The van der Waals surface area contributed by atoms with Crippen molar-refractivity contribution in [2.24, 2.45) is 0 Å². The van der Waals surface area contributed by atoms with Crippen LogP contribution in [0.2, 0.25) is 0 Å². The summed E-state index contributed by atoms with van der Waals surface area (Å²) in [5.74, 6) is -0.840. The van der Waals surface area contributed by atoms with Gasteiger partial charge in [-0.2, -0.15) is 0 Å². The van der Waals surface area contributed by atoms with Crippen molar-refractivity contribution in [1.29, 1.82) is 0 Å². The molecule has 0 bridgehead atoms. The largest absolute Gasteiger partial charge is 0.321 e. The molecule has 0 aliphatic rings. The van der Waals surface area contributed by atoms with Gasteiger partial charge in [0.1, 0.15) is 5.70 Å². The minimum absolute atomic E-state index is 0.103. The molecule has 1 aromatic heterocycles. The molecular weight excluding hydrogens is 541 g/mol. The highest BCUT2D eigenvalue weighted by Gasteiger charge is 2.16. The Balaban J connectivity index is 1.35. The molecule has 0 aliphatic heterocycles. The van der Waals surface area contributed by atoms with Gasteiger partial charge in [0, 0.05) is 27.7 Å². The number of thiazole rings is 1. The second-order valence-corrected chi connectivity index (χ2v) is 10.5. The van der Waals surface area contributed by atoms with E-state index in [1.807, 2.05) is 54.6 Å². The Morgan fingerprint density at radius 1 is 0.850 bits per heavy atom. The molecule has 0 unspecified atom stereocenters. The summed E-state index contributed by atoms with van der Waals surface area (Å²) in [5, 5.41) is 12.8. The summed E-state index contributed by atoms with van der Waals surface area (Å²) in [5.41, 5.74) is 1.87. The second-order valence-electron chi connectivity index (χ2n) is 8.60. The van der Waals surface area contributed by atoms with Crippen molar-refractivity contribution in [3.8, 4) is 0 Å². The Morgan fingerprint density at radius 2 is 1.62 bits per heavy atom. The minimum Gasteiger partial charge on any atom is -0.321 e. The Hall–Kier alpha value is -4.73. The van der Waals surface area contributed by atoms with E-state index in [0.29, 0.717) is 16.4 Å². The highest BCUT2D eigenvalue weighted by atomic mass is 32.2. The van der Waals surface area contributed by atoms with E-state index in [9.17, 15) is 14.4 Å². The lowest BCUT2D eigenvalue weighted by atomic mass is 10.0. The van der Waals surface area contributed by atoms with Crippen LogP contribution in [0.15, 0.2) is 119 Å². The van der Waals surface area contributed by atoms with E-state index in [-0.39, 0.29) is 17.4 Å². The van der Waals surface area contributed by atoms with Crippen LogP contribution in [0.25, 0.3) is 16.8 Å². The van der Waals surface area contributed by atoms with E-state index < -0.39 is 11.8 Å². The van der Waals surface area contributed by atoms with Crippen LogP contribution >= 0.6 is 23.1 Å². The van der Waals surface area contributed by atoms with Crippen molar-refractivity contribution in [3.05, 3.63) is 125 Å². The van der Waals surface area contributed by atoms with Gasteiger partial charge in [0.15, 0.2) is 5.13 Å². The van der Waals surface area contributed by atoms with Gasteiger partial charge >= 0.3 is 0 Å². The molecule has 40 heavy (non-hydrogen) atoms. The third-order valence-electron chi connectivity index (χ3n) is 5.79. The number of benzene rings is 4. The first-order valence-corrected chi connectivity index (χ1v) is 14.2. The number of fused-ring (bicyclic) bond motifs is 1. The maximum Gasteiger partial charge on any atom is 0.272 e. The van der Waals surface area contributed by atoms with E-state index in [1.165, 1.54) is 23.1 Å². The normalized spacial score (nSPS) is 11.2. The first-order chi connectivity index (χ1) is 19.5. The lowest BCUT2D eigenvalue weighted by Gasteiger charge is -2.13. The molecule has 7 nitrogen and oxygen atoms in total. The molecule has 4 aromatic carbocycles. The molecule has 0 radical (unpaired) electrons. The van der Waals surface area contributed by atoms with Crippen molar-refractivity contribution in [3.63, 3.8) is 0 Å². The number of thioether (sulfide) groups is 1. The fraction of sp³-hybridized carbons (Fsp3) is 0.0323. The van der Waals surface area contributed by atoms with Crippen LogP contribution in [0.3, 0.4) is 0 Å². The summed E-state index contributed by atoms with van der Waals surface area (Å²) in [7, 11) is 0. The first-order valence-electron chi connectivity index (χ1n) is 12.3. The number of hydrogen-bond donors (Lipinski definition) is 3. The number of carbonyl (C=O) groups is 3. The van der Waals surface area contributed by atoms with Crippen molar-refractivity contribution in [1.82, 2.24) is 10.3 Å². The molecule has 198 valence electrons. The van der Waals surface area contributed by atoms with Gasteiger partial charge in [-0.3, -0.25) is 14.4 Å². The summed E-state index contributed by atoms with van der Waals surface area (Å²) in [6.45, 7) is 0. The van der Waals surface area contributed by atoms with Crippen LogP contribution in [-0.2, 0) is 9.59 Å². The molecule has 9 heteroatoms. The molecule has 0 spiro atoms. The third kappa shape index (κ3) is 7.02. The average molecular weight is 565 g/mol. The van der Waals surface area contributed by atoms with Gasteiger partial charge in [0.05, 0.1) is 5.75 Å². The molecule has 0 saturated carbocycles. The van der Waals surface area contributed by atoms with Crippen LogP contribution < -0.4 is 16.0 Å². The summed E-state index contributed by atoms with van der Waals surface area (Å²) in [6, 6.07) is 29.6. The Bertz CT molecular complexity index is 1680. The van der Waals surface area contributed by atoms with Gasteiger partial charge in [-0.05, 0) is 52.7 Å². The molecule has 0 aliphatic carbocycles. The standard InChI is InChI=1S/C31H24N4O3S2/c36-28(35-31-32-16-17-39-31)20-40-25-14-7-13-24(19-25)33-30(38)27(34-29(37)22-9-2-1-3-10-22)18-23-12-6-11-21-8-4-5-15-26(21)23/h1-19H,20H2,(H,33,38)(H,34,37)(H,32,35,36)/b27-18+. The van der Waals surface area contributed by atoms with Gasteiger partial charge in [-0.15, -0.1) is 23.1 Å². The Morgan fingerprint density at radius 3 is 2.45 bits per heavy atom. The number of nitrogens with one attached hydrogen (secondary N) is 3. The number of carbonyl (C=O) groups excluding carboxylic acids is 3. The Labute approximate surface area is 239 Å². The van der Waals surface area contributed by atoms with Crippen molar-refractivity contribution < 1.29 is 14.4 Å². The maximum atomic E-state index is 13.5. The topological polar surface area (TPSA) is 100 Å². The molecule has 0 fully saturated rings. The fourth-order valence-electron chi connectivity index (χ4n) is 3.93. The first kappa shape index (κ1) is 26.9. The summed E-state index contributed by atoms with van der Waals surface area (Å²) < 4.78 is 0. The molecule has 5 rings (SSSR count). The highest BCUT2D eigenvalue weighted by molar-refractivity contribution is 8.00. The van der Waals surface area contributed by atoms with E-state index in [2.05, 4.69) is 20.9 Å². The van der Waals surface area contributed by atoms with Crippen LogP contribution in [0.1, 0.15) is 15.9 Å². The molecule has 0 saturated heterocycles. The van der Waals surface area contributed by atoms with Crippen molar-refractivity contribution >= 4 is 68.5 Å². The smallest absolute Gasteiger partial charge is 0.272 e. The predicted octanol–water partition coefficient (Wildman–Crippen LogP) is 6.44. The SMILES string of the molecule is O=C(CSc1cccc(NC(=O)/C(=C\c2cccc3ccccc23)NC(=O)c2ccccc2)c1)Nc1nccs1. The molecule has 3 amide bonds. The molecule has 1 heterocycles. The van der Waals surface area contributed by atoms with E-state index >= 15 is 0 Å². The zero-order valence-corrected chi connectivity index (χ0v) is 22.8. The van der Waals surface area contributed by atoms with Gasteiger partial charge < -0.3 is 16.0 Å². The van der Waals surface area contributed by atoms with E-state index in [0.717, 1.165) is 21.2 Å². The van der Waals surface area contributed by atoms with Crippen molar-refractivity contribution in [2.75, 3.05) is 16.4 Å². The number of anilines is 2. The zero-order chi connectivity index (χ0) is 27.7. The highest BCUT2D eigenvalue weighted by Crippen LogP contribution is 2.24. The number of aromatic nitrogens is 1. The monoisotopic (exact) mass is 564 g/mol. The van der Waals surface area contributed by atoms with Gasteiger partial charge in [-0.1, -0.05) is 66.7 Å². The van der Waals surface area contributed by atoms with Gasteiger partial charge in [0.25, 0.3) is 11.8 Å². The quantitative estimate of drug-likeness (QED) is 0.141. The lowest BCUT2D eigenvalue weighted by molar-refractivity contribution is -0.114. The van der Waals surface area contributed by atoms with E-state index in [1.54, 1.807) is 60.1 Å². The Kier molecular flexibility index (Phi) is 8.65. The summed E-state index contributed by atoms with van der Waals surface area (Å²) >= 11 is 2.69. The second kappa shape index (κ2) is 12.9. The maximum absolute atomic E-state index is 13.5. The molecule has 5 aromatic rings. The molecule has 3 N–H and O–H groups in total. The fourth-order valence-corrected chi connectivity index (χ4v) is 5.23. The van der Waals surface area contributed by atoms with Crippen LogP contribution in [0, 0.1) is 0 Å². The number of amides is 3. The average Bonchev–Trinajstić information content (AvgIpc) is 3.49. The van der Waals surface area contributed by atoms with E-state index in [4.69, 9.17) is 0 Å². The van der Waals surface area contributed by atoms with Crippen LogP contribution in [0.4, 0.5) is 10.8 Å². The molecule has 0 atom stereocenters. The lowest BCUT2D eigenvalue weighted by Crippen LogP contribution is -2.30. The zero-order valence-electron chi connectivity index (χ0n) is 21.2. The predicted molar refractivity (Wildman–Crippen MR) is 162 cm³/mol. The minimum atomic E-state index is -0.471. The number of rotatable bonds is 9. The van der Waals surface area contributed by atoms with Crippen LogP contribution in [0.5, 0.6) is 0 Å². The van der Waals surface area contributed by atoms with Crippen molar-refractivity contribution in [2.45, 2.75) is 4.90 Å². The van der Waals surface area contributed by atoms with Crippen LogP contribution in [-0.4, -0.2) is 28.5 Å². The third-order valence-corrected chi connectivity index (χ3v) is 7.47. The summed E-state index contributed by atoms with van der Waals surface area (Å²) in [4.78, 5) is 43.6. The number of nitrogens with zero attached hydrogens (tertiary/aromatic N) is 1. The summed E-state index contributed by atoms with van der Waals surface area (Å²) in [6.07, 6.45) is 3.31. The number of hydrogen-bond acceptors (Lipinski definition) is 6. The van der Waals surface area contributed by atoms with Gasteiger partial charge in [-0.25, -0.2) is 4.98 Å².